The predicted octanol–water partition coefficient (Wildman–Crippen LogP) is 0.136. The smallest absolute Gasteiger partial charge is 0.313 e. The van der Waals surface area contributed by atoms with Crippen molar-refractivity contribution in [2.45, 2.75) is 18.6 Å². The van der Waals surface area contributed by atoms with Crippen LogP contribution in [0.3, 0.4) is 0 Å². The van der Waals surface area contributed by atoms with Gasteiger partial charge in [0, 0.05) is 18.1 Å². The van der Waals surface area contributed by atoms with Gasteiger partial charge in [0.25, 0.3) is 0 Å². The third-order valence-electron chi connectivity index (χ3n) is 4.26. The molecular weight excluding hydrogens is 326 g/mol. The summed E-state index contributed by atoms with van der Waals surface area (Å²) < 4.78 is 5.27. The molecule has 0 aliphatic carbocycles. The highest BCUT2D eigenvalue weighted by Crippen LogP contribution is 2.30. The maximum atomic E-state index is 12.4. The van der Waals surface area contributed by atoms with Crippen LogP contribution in [0.15, 0.2) is 30.5 Å². The molecule has 25 heavy (non-hydrogen) atoms. The summed E-state index contributed by atoms with van der Waals surface area (Å²) in [5, 5.41) is 22.2. The zero-order valence-corrected chi connectivity index (χ0v) is 13.7. The minimum Gasteiger partial charge on any atom is -0.496 e. The minimum absolute atomic E-state index is 0.0269. The number of hydrogen-bond donors (Lipinski definition) is 3. The van der Waals surface area contributed by atoms with Gasteiger partial charge < -0.3 is 25.2 Å². The lowest BCUT2D eigenvalue weighted by Gasteiger charge is -2.22. The van der Waals surface area contributed by atoms with Crippen molar-refractivity contribution in [3.8, 4) is 5.75 Å². The summed E-state index contributed by atoms with van der Waals surface area (Å²) >= 11 is 0. The summed E-state index contributed by atoms with van der Waals surface area (Å²) in [6.07, 6.45) is 1.10. The quantitative estimate of drug-likeness (QED) is 0.682. The summed E-state index contributed by atoms with van der Waals surface area (Å²) in [6, 6.07) is 6.29. The third kappa shape index (κ3) is 3.26. The van der Waals surface area contributed by atoms with Crippen LogP contribution in [-0.2, 0) is 9.59 Å². The Labute approximate surface area is 144 Å². The number of likely N-dealkylation sites (tertiary alicyclic amines) is 1. The Morgan fingerprint density at radius 3 is 2.92 bits per heavy atom. The van der Waals surface area contributed by atoms with Crippen LogP contribution in [0.25, 0.3) is 10.9 Å². The number of nitrogens with zero attached hydrogens (tertiary/aromatic N) is 2. The van der Waals surface area contributed by atoms with Crippen molar-refractivity contribution >= 4 is 28.4 Å². The number of aliphatic hydroxyl groups excluding tert-OH is 2. The molecule has 132 valence electrons. The molecule has 0 saturated carbocycles. The number of β-amino-alcohol motifs (C(OH)–C–C–N with tert-alkyl or cyclic N) is 1. The number of carbonyl (C=O) groups excluding carboxylic acids is 2. The van der Waals surface area contributed by atoms with Gasteiger partial charge in [-0.3, -0.25) is 14.6 Å². The van der Waals surface area contributed by atoms with E-state index in [1.807, 2.05) is 0 Å². The highest BCUT2D eigenvalue weighted by Gasteiger charge is 2.36. The molecule has 1 aliphatic rings. The number of nitrogens with one attached hydrogen (secondary N) is 1. The van der Waals surface area contributed by atoms with Crippen LogP contribution in [0.4, 0.5) is 5.69 Å². The Balaban J connectivity index is 1.84. The van der Waals surface area contributed by atoms with Crippen LogP contribution in [0.1, 0.15) is 6.42 Å². The van der Waals surface area contributed by atoms with E-state index >= 15 is 0 Å². The van der Waals surface area contributed by atoms with E-state index in [0.717, 1.165) is 0 Å². The lowest BCUT2D eigenvalue weighted by atomic mass is 10.1. The first-order valence-electron chi connectivity index (χ1n) is 7.87. The Kier molecular flexibility index (Phi) is 4.82. The first-order chi connectivity index (χ1) is 12.0. The van der Waals surface area contributed by atoms with Crippen molar-refractivity contribution < 1.29 is 24.5 Å². The van der Waals surface area contributed by atoms with Crippen LogP contribution in [-0.4, -0.2) is 64.3 Å². The van der Waals surface area contributed by atoms with E-state index in [4.69, 9.17) is 4.74 Å². The number of methoxy groups -OCH3 is 1. The second-order valence-electron chi connectivity index (χ2n) is 5.85. The number of pyridine rings is 1. The van der Waals surface area contributed by atoms with Gasteiger partial charge in [-0.2, -0.15) is 0 Å². The van der Waals surface area contributed by atoms with E-state index < -0.39 is 24.0 Å². The molecule has 0 radical (unpaired) electrons. The van der Waals surface area contributed by atoms with Gasteiger partial charge in [0.2, 0.25) is 0 Å². The number of ether oxygens (including phenoxy) is 1. The van der Waals surface area contributed by atoms with Crippen molar-refractivity contribution in [3.63, 3.8) is 0 Å². The molecule has 2 aromatic rings. The molecule has 1 aromatic carbocycles. The number of aromatic nitrogens is 1. The summed E-state index contributed by atoms with van der Waals surface area (Å²) in [7, 11) is 1.54. The number of aliphatic hydroxyl groups is 2. The van der Waals surface area contributed by atoms with E-state index in [2.05, 4.69) is 10.3 Å². The van der Waals surface area contributed by atoms with E-state index in [9.17, 15) is 19.8 Å². The number of anilines is 1. The average molecular weight is 345 g/mol. The van der Waals surface area contributed by atoms with Gasteiger partial charge in [0.15, 0.2) is 0 Å². The summed E-state index contributed by atoms with van der Waals surface area (Å²) in [6.45, 7) is -0.276. The van der Waals surface area contributed by atoms with E-state index in [0.29, 0.717) is 22.3 Å². The fourth-order valence-electron chi connectivity index (χ4n) is 3.05. The maximum absolute atomic E-state index is 12.4. The molecule has 1 aromatic heterocycles. The normalized spacial score (nSPS) is 19.9. The number of amides is 2. The lowest BCUT2D eigenvalue weighted by molar-refractivity contribution is -0.144. The Bertz CT molecular complexity index is 810. The van der Waals surface area contributed by atoms with Gasteiger partial charge in [-0.25, -0.2) is 0 Å². The monoisotopic (exact) mass is 345 g/mol. The first-order valence-corrected chi connectivity index (χ1v) is 7.87. The second-order valence-corrected chi connectivity index (χ2v) is 5.85. The molecule has 3 rings (SSSR count). The molecule has 2 amide bonds. The van der Waals surface area contributed by atoms with Crippen LogP contribution in [0.2, 0.25) is 0 Å². The topological polar surface area (TPSA) is 112 Å². The second kappa shape index (κ2) is 7.04. The molecule has 1 fully saturated rings. The van der Waals surface area contributed by atoms with E-state index in [-0.39, 0.29) is 19.6 Å². The first kappa shape index (κ1) is 17.1. The Hall–Kier alpha value is -2.71. The lowest BCUT2D eigenvalue weighted by Crippen LogP contribution is -2.44. The van der Waals surface area contributed by atoms with Gasteiger partial charge in [0.05, 0.1) is 37.1 Å². The van der Waals surface area contributed by atoms with Crippen molar-refractivity contribution in [2.24, 2.45) is 0 Å². The average Bonchev–Trinajstić information content (AvgIpc) is 3.02. The summed E-state index contributed by atoms with van der Waals surface area (Å²) in [5.74, 6) is -1.03. The Morgan fingerprint density at radius 1 is 1.40 bits per heavy atom. The highest BCUT2D eigenvalue weighted by atomic mass is 16.5. The molecule has 1 saturated heterocycles. The zero-order valence-electron chi connectivity index (χ0n) is 13.7. The number of benzene rings is 1. The van der Waals surface area contributed by atoms with Crippen molar-refractivity contribution in [1.82, 2.24) is 9.88 Å². The van der Waals surface area contributed by atoms with Crippen molar-refractivity contribution in [3.05, 3.63) is 30.5 Å². The van der Waals surface area contributed by atoms with E-state index in [1.165, 1.54) is 12.0 Å². The van der Waals surface area contributed by atoms with Crippen molar-refractivity contribution in [2.75, 3.05) is 25.6 Å². The summed E-state index contributed by atoms with van der Waals surface area (Å²) in [5.41, 5.74) is 0.887. The molecular formula is C17H19N3O5. The minimum atomic E-state index is -0.843. The van der Waals surface area contributed by atoms with Crippen molar-refractivity contribution in [1.29, 1.82) is 0 Å². The largest absolute Gasteiger partial charge is 0.496 e. The molecule has 2 heterocycles. The molecule has 2 atom stereocenters. The van der Waals surface area contributed by atoms with Crippen LogP contribution in [0.5, 0.6) is 5.75 Å². The molecule has 2 unspecified atom stereocenters. The fourth-order valence-corrected chi connectivity index (χ4v) is 3.05. The molecule has 8 heteroatoms. The Morgan fingerprint density at radius 2 is 2.20 bits per heavy atom. The maximum Gasteiger partial charge on any atom is 0.313 e. The highest BCUT2D eigenvalue weighted by molar-refractivity contribution is 6.40. The number of carbonyl (C=O) groups is 2. The standard InChI is InChI=1S/C17H19N3O5/c1-25-14-5-4-13(15-12(14)3-2-6-18-15)19-16(23)17(24)20-8-11(22)7-10(20)9-21/h2-6,10-11,21-22H,7-9H2,1H3,(H,19,23). The number of hydrogen-bond acceptors (Lipinski definition) is 6. The third-order valence-corrected chi connectivity index (χ3v) is 4.26. The van der Waals surface area contributed by atoms with Gasteiger partial charge in [-0.15, -0.1) is 0 Å². The van der Waals surface area contributed by atoms with Gasteiger partial charge >= 0.3 is 11.8 Å². The van der Waals surface area contributed by atoms with Crippen LogP contribution in [0, 0.1) is 0 Å². The van der Waals surface area contributed by atoms with Crippen LogP contribution < -0.4 is 10.1 Å². The summed E-state index contributed by atoms with van der Waals surface area (Å²) in [4.78, 5) is 30.1. The molecule has 0 bridgehead atoms. The SMILES string of the molecule is COc1ccc(NC(=O)C(=O)N2CC(O)CC2CO)c2ncccc12. The fraction of sp³-hybridized carbons (Fsp3) is 0.353. The van der Waals surface area contributed by atoms with Gasteiger partial charge in [0.1, 0.15) is 5.75 Å². The zero-order chi connectivity index (χ0) is 18.0. The molecule has 0 spiro atoms. The van der Waals surface area contributed by atoms with Crippen LogP contribution >= 0.6 is 0 Å². The molecule has 1 aliphatic heterocycles. The predicted molar refractivity (Wildman–Crippen MR) is 90.1 cm³/mol. The number of rotatable bonds is 3. The number of fused-ring (bicyclic) bond motifs is 1. The molecule has 3 N–H and O–H groups in total. The van der Waals surface area contributed by atoms with Gasteiger partial charge in [-0.1, -0.05) is 0 Å². The van der Waals surface area contributed by atoms with E-state index in [1.54, 1.807) is 30.5 Å². The van der Waals surface area contributed by atoms with Gasteiger partial charge in [-0.05, 0) is 30.7 Å². The molecule has 8 nitrogen and oxygen atoms in total.